The van der Waals surface area contributed by atoms with Crippen LogP contribution in [0.1, 0.15) is 35.8 Å². The Labute approximate surface area is 134 Å². The zero-order chi connectivity index (χ0) is 16.6. The van der Waals surface area contributed by atoms with E-state index in [1.54, 1.807) is 25.1 Å². The van der Waals surface area contributed by atoms with Crippen LogP contribution in [0.4, 0.5) is 4.39 Å². The first-order valence-electron chi connectivity index (χ1n) is 7.78. The predicted molar refractivity (Wildman–Crippen MR) is 85.9 cm³/mol. The molecule has 1 aromatic carbocycles. The molecule has 1 aliphatic rings. The molecule has 0 radical (unpaired) electrons. The molecule has 0 bridgehead atoms. The van der Waals surface area contributed by atoms with Crippen molar-refractivity contribution in [2.75, 3.05) is 6.54 Å². The van der Waals surface area contributed by atoms with Crippen LogP contribution in [0, 0.1) is 18.7 Å². The largest absolute Gasteiger partial charge is 0.345 e. The van der Waals surface area contributed by atoms with Crippen molar-refractivity contribution >= 4 is 5.91 Å². The van der Waals surface area contributed by atoms with Gasteiger partial charge in [0, 0.05) is 6.54 Å². The van der Waals surface area contributed by atoms with Crippen molar-refractivity contribution in [3.8, 4) is 5.69 Å². The summed E-state index contributed by atoms with van der Waals surface area (Å²) in [6.07, 6.45) is 3.64. The summed E-state index contributed by atoms with van der Waals surface area (Å²) in [5.41, 5.74) is 6.81. The lowest BCUT2D eigenvalue weighted by molar-refractivity contribution is 0.0897. The SMILES string of the molecule is Cc1c(C(=O)NC(C)(CN)C2CC2)cnn1-c1ccccc1F. The van der Waals surface area contributed by atoms with E-state index in [0.717, 1.165) is 12.8 Å². The van der Waals surface area contributed by atoms with E-state index >= 15 is 0 Å². The normalized spacial score (nSPS) is 16.9. The van der Waals surface area contributed by atoms with E-state index in [1.807, 2.05) is 6.92 Å². The third-order valence-electron chi connectivity index (χ3n) is 4.64. The minimum atomic E-state index is -0.399. The number of halogens is 1. The van der Waals surface area contributed by atoms with Crippen LogP contribution in [-0.4, -0.2) is 27.8 Å². The van der Waals surface area contributed by atoms with Crippen molar-refractivity contribution in [2.24, 2.45) is 11.7 Å². The van der Waals surface area contributed by atoms with Gasteiger partial charge in [-0.15, -0.1) is 0 Å². The van der Waals surface area contributed by atoms with E-state index < -0.39 is 5.54 Å². The number of benzene rings is 1. The summed E-state index contributed by atoms with van der Waals surface area (Å²) in [4.78, 5) is 12.6. The van der Waals surface area contributed by atoms with Crippen LogP contribution in [0.2, 0.25) is 0 Å². The van der Waals surface area contributed by atoms with Gasteiger partial charge in [0.05, 0.1) is 23.0 Å². The topological polar surface area (TPSA) is 72.9 Å². The Balaban J connectivity index is 1.87. The molecular weight excluding hydrogens is 295 g/mol. The highest BCUT2D eigenvalue weighted by molar-refractivity contribution is 5.95. The Hall–Kier alpha value is -2.21. The van der Waals surface area contributed by atoms with Crippen molar-refractivity contribution in [3.63, 3.8) is 0 Å². The molecular formula is C17H21FN4O. The molecule has 0 spiro atoms. The summed E-state index contributed by atoms with van der Waals surface area (Å²) in [6.45, 7) is 4.12. The number of rotatable bonds is 5. The molecule has 23 heavy (non-hydrogen) atoms. The zero-order valence-corrected chi connectivity index (χ0v) is 13.3. The van der Waals surface area contributed by atoms with Gasteiger partial charge in [0.25, 0.3) is 5.91 Å². The van der Waals surface area contributed by atoms with E-state index in [9.17, 15) is 9.18 Å². The summed E-state index contributed by atoms with van der Waals surface area (Å²) >= 11 is 0. The summed E-state index contributed by atoms with van der Waals surface area (Å²) in [5, 5.41) is 7.20. The lowest BCUT2D eigenvalue weighted by atomic mass is 9.95. The van der Waals surface area contributed by atoms with Gasteiger partial charge in [-0.3, -0.25) is 4.79 Å². The number of amides is 1. The predicted octanol–water partition coefficient (Wildman–Crippen LogP) is 2.18. The van der Waals surface area contributed by atoms with Gasteiger partial charge in [-0.2, -0.15) is 5.10 Å². The monoisotopic (exact) mass is 316 g/mol. The first-order valence-corrected chi connectivity index (χ1v) is 7.78. The second-order valence-electron chi connectivity index (χ2n) is 6.36. The summed E-state index contributed by atoms with van der Waals surface area (Å²) < 4.78 is 15.4. The first-order chi connectivity index (χ1) is 11.0. The Kier molecular flexibility index (Phi) is 3.93. The number of para-hydroxylation sites is 1. The fourth-order valence-corrected chi connectivity index (χ4v) is 2.87. The van der Waals surface area contributed by atoms with Crippen LogP contribution < -0.4 is 11.1 Å². The van der Waals surface area contributed by atoms with Crippen molar-refractivity contribution < 1.29 is 9.18 Å². The molecule has 0 aliphatic heterocycles. The van der Waals surface area contributed by atoms with E-state index in [4.69, 9.17) is 5.73 Å². The quantitative estimate of drug-likeness (QED) is 0.888. The lowest BCUT2D eigenvalue weighted by Crippen LogP contribution is -2.53. The van der Waals surface area contributed by atoms with Crippen LogP contribution >= 0.6 is 0 Å². The fraction of sp³-hybridized carbons (Fsp3) is 0.412. The minimum absolute atomic E-state index is 0.218. The summed E-state index contributed by atoms with van der Waals surface area (Å²) in [6, 6.07) is 6.35. The van der Waals surface area contributed by atoms with Gasteiger partial charge in [0.2, 0.25) is 0 Å². The van der Waals surface area contributed by atoms with E-state index in [2.05, 4.69) is 10.4 Å². The number of hydrogen-bond donors (Lipinski definition) is 2. The highest BCUT2D eigenvalue weighted by Gasteiger charge is 2.42. The summed E-state index contributed by atoms with van der Waals surface area (Å²) in [7, 11) is 0. The van der Waals surface area contributed by atoms with E-state index in [1.165, 1.54) is 16.9 Å². The highest BCUT2D eigenvalue weighted by Crippen LogP contribution is 2.39. The number of aromatic nitrogens is 2. The third-order valence-corrected chi connectivity index (χ3v) is 4.64. The average Bonchev–Trinajstić information content (AvgIpc) is 3.32. The maximum atomic E-state index is 13.9. The Morgan fingerprint density at radius 1 is 1.48 bits per heavy atom. The molecule has 0 saturated heterocycles. The number of hydrogen-bond acceptors (Lipinski definition) is 3. The van der Waals surface area contributed by atoms with Crippen molar-refractivity contribution in [1.82, 2.24) is 15.1 Å². The molecule has 1 aliphatic carbocycles. The molecule has 1 fully saturated rings. The second kappa shape index (κ2) is 5.77. The molecule has 6 heteroatoms. The second-order valence-corrected chi connectivity index (χ2v) is 6.36. The van der Waals surface area contributed by atoms with Gasteiger partial charge >= 0.3 is 0 Å². The molecule has 1 aromatic heterocycles. The van der Waals surface area contributed by atoms with Gasteiger partial charge in [-0.1, -0.05) is 12.1 Å². The Morgan fingerprint density at radius 2 is 2.17 bits per heavy atom. The van der Waals surface area contributed by atoms with Crippen LogP contribution in [-0.2, 0) is 0 Å². The molecule has 3 N–H and O–H groups in total. The van der Waals surface area contributed by atoms with Crippen molar-refractivity contribution in [3.05, 3.63) is 47.5 Å². The molecule has 1 heterocycles. The molecule has 1 amide bonds. The smallest absolute Gasteiger partial charge is 0.255 e. The molecule has 2 aromatic rings. The van der Waals surface area contributed by atoms with E-state index in [0.29, 0.717) is 29.4 Å². The van der Waals surface area contributed by atoms with Crippen LogP contribution in [0.25, 0.3) is 5.69 Å². The number of carbonyl (C=O) groups is 1. The molecule has 5 nitrogen and oxygen atoms in total. The third kappa shape index (κ3) is 2.86. The van der Waals surface area contributed by atoms with Crippen LogP contribution in [0.5, 0.6) is 0 Å². The number of nitrogens with zero attached hydrogens (tertiary/aromatic N) is 2. The van der Waals surface area contributed by atoms with E-state index in [-0.39, 0.29) is 11.7 Å². The van der Waals surface area contributed by atoms with Gasteiger partial charge < -0.3 is 11.1 Å². The van der Waals surface area contributed by atoms with Crippen molar-refractivity contribution in [1.29, 1.82) is 0 Å². The number of nitrogens with two attached hydrogens (primary N) is 1. The van der Waals surface area contributed by atoms with Crippen LogP contribution in [0.3, 0.4) is 0 Å². The Bertz CT molecular complexity index is 738. The van der Waals surface area contributed by atoms with Crippen LogP contribution in [0.15, 0.2) is 30.5 Å². The number of nitrogens with one attached hydrogen (secondary N) is 1. The fourth-order valence-electron chi connectivity index (χ4n) is 2.87. The van der Waals surface area contributed by atoms with Crippen molar-refractivity contribution in [2.45, 2.75) is 32.2 Å². The first kappa shape index (κ1) is 15.7. The van der Waals surface area contributed by atoms with Gasteiger partial charge in [0.15, 0.2) is 0 Å². The van der Waals surface area contributed by atoms with Gasteiger partial charge in [-0.25, -0.2) is 9.07 Å². The average molecular weight is 316 g/mol. The molecule has 122 valence electrons. The van der Waals surface area contributed by atoms with Gasteiger partial charge in [-0.05, 0) is 44.7 Å². The maximum absolute atomic E-state index is 13.9. The minimum Gasteiger partial charge on any atom is -0.345 e. The lowest BCUT2D eigenvalue weighted by Gasteiger charge is -2.29. The molecule has 3 rings (SSSR count). The Morgan fingerprint density at radius 3 is 2.78 bits per heavy atom. The highest BCUT2D eigenvalue weighted by atomic mass is 19.1. The zero-order valence-electron chi connectivity index (χ0n) is 13.3. The molecule has 1 saturated carbocycles. The van der Waals surface area contributed by atoms with Gasteiger partial charge in [0.1, 0.15) is 11.5 Å². The summed E-state index contributed by atoms with van der Waals surface area (Å²) in [5.74, 6) is -0.168. The number of carbonyl (C=O) groups excluding carboxylic acids is 1. The molecule has 1 atom stereocenters. The molecule has 1 unspecified atom stereocenters. The maximum Gasteiger partial charge on any atom is 0.255 e. The standard InChI is InChI=1S/C17H21FN4O/c1-11-13(16(23)21-17(2,10-19)12-7-8-12)9-20-22(11)15-6-4-3-5-14(15)18/h3-6,9,12H,7-8,10,19H2,1-2H3,(H,21,23).